The molecule has 0 radical (unpaired) electrons. The fourth-order valence-corrected chi connectivity index (χ4v) is 3.30. The van der Waals surface area contributed by atoms with E-state index in [4.69, 9.17) is 4.74 Å². The highest BCUT2D eigenvalue weighted by molar-refractivity contribution is 5.40. The van der Waals surface area contributed by atoms with E-state index >= 15 is 0 Å². The van der Waals surface area contributed by atoms with Gasteiger partial charge in [-0.25, -0.2) is 0 Å². The van der Waals surface area contributed by atoms with Gasteiger partial charge in [0.15, 0.2) is 0 Å². The van der Waals surface area contributed by atoms with Crippen LogP contribution in [-0.2, 0) is 13.0 Å². The van der Waals surface area contributed by atoms with Gasteiger partial charge in [0, 0.05) is 6.04 Å². The lowest BCUT2D eigenvalue weighted by Gasteiger charge is -2.12. The van der Waals surface area contributed by atoms with E-state index in [1.165, 1.54) is 34.2 Å². The zero-order valence-corrected chi connectivity index (χ0v) is 13.1. The number of benzene rings is 2. The first-order chi connectivity index (χ1) is 10.2. The van der Waals surface area contributed by atoms with Gasteiger partial charge in [-0.1, -0.05) is 35.4 Å². The van der Waals surface area contributed by atoms with Crippen molar-refractivity contribution in [2.45, 2.75) is 39.3 Å². The van der Waals surface area contributed by atoms with Gasteiger partial charge in [-0.3, -0.25) is 0 Å². The summed E-state index contributed by atoms with van der Waals surface area (Å²) in [5.41, 5.74) is 6.67. The van der Waals surface area contributed by atoms with Gasteiger partial charge in [0.2, 0.25) is 0 Å². The zero-order valence-electron chi connectivity index (χ0n) is 13.1. The van der Waals surface area contributed by atoms with Crippen molar-refractivity contribution in [2.75, 3.05) is 7.05 Å². The topological polar surface area (TPSA) is 21.3 Å². The van der Waals surface area contributed by atoms with Crippen molar-refractivity contribution in [1.29, 1.82) is 0 Å². The first-order valence-electron chi connectivity index (χ1n) is 7.66. The summed E-state index contributed by atoms with van der Waals surface area (Å²) in [5, 5.41) is 3.37. The third-order valence-electron chi connectivity index (χ3n) is 4.23. The number of hydrogen-bond donors (Lipinski definition) is 1. The lowest BCUT2D eigenvalue weighted by atomic mass is 10.1. The molecule has 21 heavy (non-hydrogen) atoms. The normalized spacial score (nSPS) is 16.8. The van der Waals surface area contributed by atoms with Gasteiger partial charge in [0.05, 0.1) is 0 Å². The van der Waals surface area contributed by atoms with E-state index < -0.39 is 0 Å². The largest absolute Gasteiger partial charge is 0.489 e. The predicted octanol–water partition coefficient (Wildman–Crippen LogP) is 4.09. The highest BCUT2D eigenvalue weighted by atomic mass is 16.5. The number of rotatable bonds is 4. The van der Waals surface area contributed by atoms with Crippen LogP contribution in [0.2, 0.25) is 0 Å². The summed E-state index contributed by atoms with van der Waals surface area (Å²) >= 11 is 0. The molecule has 1 aliphatic rings. The number of aryl methyl sites for hydroxylation is 3. The summed E-state index contributed by atoms with van der Waals surface area (Å²) in [7, 11) is 2.03. The van der Waals surface area contributed by atoms with Crippen LogP contribution in [0.4, 0.5) is 0 Å². The Morgan fingerprint density at radius 2 is 1.86 bits per heavy atom. The average Bonchev–Trinajstić information content (AvgIpc) is 2.86. The molecule has 2 aromatic rings. The number of nitrogens with one attached hydrogen (secondary N) is 1. The van der Waals surface area contributed by atoms with Crippen molar-refractivity contribution in [3.8, 4) is 5.75 Å². The van der Waals surface area contributed by atoms with E-state index in [-0.39, 0.29) is 0 Å². The Hall–Kier alpha value is -1.80. The molecule has 2 aromatic carbocycles. The van der Waals surface area contributed by atoms with Gasteiger partial charge in [-0.15, -0.1) is 0 Å². The summed E-state index contributed by atoms with van der Waals surface area (Å²) in [6.45, 7) is 4.89. The Labute approximate surface area is 127 Å². The molecule has 110 valence electrons. The van der Waals surface area contributed by atoms with Crippen LogP contribution in [0, 0.1) is 13.8 Å². The minimum atomic E-state index is 0.508. The number of hydrogen-bond acceptors (Lipinski definition) is 2. The van der Waals surface area contributed by atoms with E-state index in [1.54, 1.807) is 0 Å². The second-order valence-electron chi connectivity index (χ2n) is 6.03. The Morgan fingerprint density at radius 1 is 1.10 bits per heavy atom. The minimum absolute atomic E-state index is 0.508. The van der Waals surface area contributed by atoms with Crippen molar-refractivity contribution in [3.05, 3.63) is 64.2 Å². The Kier molecular flexibility index (Phi) is 3.98. The highest BCUT2D eigenvalue weighted by Gasteiger charge is 2.20. The van der Waals surface area contributed by atoms with E-state index in [9.17, 15) is 0 Å². The maximum atomic E-state index is 5.98. The molecule has 1 unspecified atom stereocenters. The monoisotopic (exact) mass is 281 g/mol. The SMILES string of the molecule is CNC1CCc2cc(OCc3cc(C)cc(C)c3)ccc21. The molecular formula is C19H23NO. The van der Waals surface area contributed by atoms with Crippen LogP contribution in [0.5, 0.6) is 5.75 Å². The van der Waals surface area contributed by atoms with Crippen molar-refractivity contribution in [3.63, 3.8) is 0 Å². The summed E-state index contributed by atoms with van der Waals surface area (Å²) in [6, 6.07) is 13.6. The average molecular weight is 281 g/mol. The number of fused-ring (bicyclic) bond motifs is 1. The molecule has 0 saturated heterocycles. The fraction of sp³-hybridized carbons (Fsp3) is 0.368. The zero-order chi connectivity index (χ0) is 14.8. The molecule has 0 saturated carbocycles. The minimum Gasteiger partial charge on any atom is -0.489 e. The molecule has 0 aliphatic heterocycles. The Balaban J connectivity index is 1.71. The van der Waals surface area contributed by atoms with Crippen LogP contribution in [0.25, 0.3) is 0 Å². The Bertz CT molecular complexity index is 628. The van der Waals surface area contributed by atoms with E-state index in [2.05, 4.69) is 55.6 Å². The van der Waals surface area contributed by atoms with Crippen LogP contribution in [-0.4, -0.2) is 7.05 Å². The summed E-state index contributed by atoms with van der Waals surface area (Å²) < 4.78 is 5.98. The van der Waals surface area contributed by atoms with Crippen LogP contribution in [0.15, 0.2) is 36.4 Å². The molecule has 2 heteroatoms. The smallest absolute Gasteiger partial charge is 0.120 e. The third kappa shape index (κ3) is 3.11. The molecule has 1 aliphatic carbocycles. The van der Waals surface area contributed by atoms with Crippen molar-refractivity contribution < 1.29 is 4.74 Å². The van der Waals surface area contributed by atoms with Gasteiger partial charge in [-0.2, -0.15) is 0 Å². The van der Waals surface area contributed by atoms with Crippen molar-refractivity contribution >= 4 is 0 Å². The maximum absolute atomic E-state index is 5.98. The van der Waals surface area contributed by atoms with Crippen molar-refractivity contribution in [2.24, 2.45) is 0 Å². The first kappa shape index (κ1) is 14.2. The number of ether oxygens (including phenoxy) is 1. The van der Waals surface area contributed by atoms with Crippen LogP contribution < -0.4 is 10.1 Å². The molecule has 0 amide bonds. The van der Waals surface area contributed by atoms with E-state index in [0.29, 0.717) is 12.6 Å². The van der Waals surface area contributed by atoms with Crippen LogP contribution in [0.1, 0.15) is 40.3 Å². The fourth-order valence-electron chi connectivity index (χ4n) is 3.30. The van der Waals surface area contributed by atoms with Crippen LogP contribution >= 0.6 is 0 Å². The van der Waals surface area contributed by atoms with Crippen molar-refractivity contribution in [1.82, 2.24) is 5.32 Å². The molecule has 0 aromatic heterocycles. The van der Waals surface area contributed by atoms with E-state index in [0.717, 1.165) is 12.2 Å². The quantitative estimate of drug-likeness (QED) is 0.911. The molecule has 0 spiro atoms. The van der Waals surface area contributed by atoms with Crippen LogP contribution in [0.3, 0.4) is 0 Å². The molecule has 2 nitrogen and oxygen atoms in total. The molecule has 1 N–H and O–H groups in total. The molecule has 0 bridgehead atoms. The lowest BCUT2D eigenvalue weighted by Crippen LogP contribution is -2.12. The predicted molar refractivity (Wildman–Crippen MR) is 86.8 cm³/mol. The molecular weight excluding hydrogens is 258 g/mol. The maximum Gasteiger partial charge on any atom is 0.120 e. The third-order valence-corrected chi connectivity index (χ3v) is 4.23. The van der Waals surface area contributed by atoms with Gasteiger partial charge in [0.1, 0.15) is 12.4 Å². The highest BCUT2D eigenvalue weighted by Crippen LogP contribution is 2.33. The lowest BCUT2D eigenvalue weighted by molar-refractivity contribution is 0.306. The van der Waals surface area contributed by atoms with E-state index in [1.807, 2.05) is 7.05 Å². The second kappa shape index (κ2) is 5.90. The summed E-state index contributed by atoms with van der Waals surface area (Å²) in [6.07, 6.45) is 2.33. The Morgan fingerprint density at radius 3 is 2.57 bits per heavy atom. The molecule has 0 fully saturated rings. The van der Waals surface area contributed by atoms with Gasteiger partial charge >= 0.3 is 0 Å². The molecule has 3 rings (SSSR count). The second-order valence-corrected chi connectivity index (χ2v) is 6.03. The summed E-state index contributed by atoms with van der Waals surface area (Å²) in [4.78, 5) is 0. The van der Waals surface area contributed by atoms with Gasteiger partial charge in [0.25, 0.3) is 0 Å². The summed E-state index contributed by atoms with van der Waals surface area (Å²) in [5.74, 6) is 0.977. The molecule has 0 heterocycles. The standard InChI is InChI=1S/C19H23NO/c1-13-8-14(2)10-15(9-13)12-21-17-5-6-18-16(11-17)4-7-19(18)20-3/h5-6,8-11,19-20H,4,7,12H2,1-3H3. The first-order valence-corrected chi connectivity index (χ1v) is 7.66. The van der Waals surface area contributed by atoms with Gasteiger partial charge < -0.3 is 10.1 Å². The molecule has 1 atom stereocenters. The van der Waals surface area contributed by atoms with Gasteiger partial charge in [-0.05, 0) is 62.6 Å².